The first-order valence-corrected chi connectivity index (χ1v) is 17.8. The molecule has 1 aliphatic heterocycles. The highest BCUT2D eigenvalue weighted by Crippen LogP contribution is 2.63. The largest absolute Gasteiger partial charge is 0.489 e. The lowest BCUT2D eigenvalue weighted by Crippen LogP contribution is -2.53. The zero-order valence-electron chi connectivity index (χ0n) is 26.2. The van der Waals surface area contributed by atoms with E-state index in [1.807, 2.05) is 29.2 Å². The SMILES string of the molecule is O=C(CCC(=O)N1CCN(Cc2ccccc2OCc2ccc(Br)cc2)CC1)CC1C2CC3CC1CC(c1ccccc1)(C3)C2. The van der Waals surface area contributed by atoms with Crippen LogP contribution in [0.5, 0.6) is 5.75 Å². The van der Waals surface area contributed by atoms with E-state index in [4.69, 9.17) is 4.74 Å². The first-order valence-electron chi connectivity index (χ1n) is 17.0. The van der Waals surface area contributed by atoms with Gasteiger partial charge in [0, 0.05) is 62.0 Å². The number of para-hydroxylation sites is 1. The number of halogens is 1. The highest BCUT2D eigenvalue weighted by molar-refractivity contribution is 9.10. The first-order chi connectivity index (χ1) is 21.9. The number of carbonyl (C=O) groups excluding carboxylic acids is 2. The van der Waals surface area contributed by atoms with Gasteiger partial charge in [-0.25, -0.2) is 0 Å². The lowest BCUT2D eigenvalue weighted by Gasteiger charge is -2.60. The van der Waals surface area contributed by atoms with Crippen molar-refractivity contribution in [3.8, 4) is 5.75 Å². The summed E-state index contributed by atoms with van der Waals surface area (Å²) in [6, 6.07) is 27.6. The molecule has 4 saturated carbocycles. The van der Waals surface area contributed by atoms with Crippen LogP contribution < -0.4 is 4.74 Å². The standard InChI is InChI=1S/C39H45BrN2O3/c40-34-12-10-28(11-13-34)27-45-37-9-5-4-6-30(37)26-41-16-18-42(19-17-41)38(44)15-14-35(43)22-36-31-20-29-21-32(36)25-39(23-29,24-31)33-7-2-1-3-8-33/h1-13,29,31-32,36H,14-27H2. The van der Waals surface area contributed by atoms with Gasteiger partial charge in [-0.1, -0.05) is 76.6 Å². The fourth-order valence-corrected chi connectivity index (χ4v) is 9.56. The number of benzene rings is 3. The van der Waals surface area contributed by atoms with Gasteiger partial charge >= 0.3 is 0 Å². The number of ether oxygens (including phenoxy) is 1. The third kappa shape index (κ3) is 6.92. The van der Waals surface area contributed by atoms with Crippen molar-refractivity contribution < 1.29 is 14.3 Å². The normalized spacial score (nSPS) is 27.4. The van der Waals surface area contributed by atoms with Crippen molar-refractivity contribution in [1.29, 1.82) is 0 Å². The van der Waals surface area contributed by atoms with Crippen molar-refractivity contribution in [2.24, 2.45) is 23.7 Å². The van der Waals surface area contributed by atoms with Crippen molar-refractivity contribution in [2.45, 2.75) is 69.9 Å². The van der Waals surface area contributed by atoms with Gasteiger partial charge in [-0.15, -0.1) is 0 Å². The van der Waals surface area contributed by atoms with Gasteiger partial charge < -0.3 is 9.64 Å². The van der Waals surface area contributed by atoms with Crippen LogP contribution in [0.1, 0.15) is 68.1 Å². The predicted octanol–water partition coefficient (Wildman–Crippen LogP) is 7.81. The van der Waals surface area contributed by atoms with Crippen molar-refractivity contribution in [3.05, 3.63) is 100 Å². The Kier molecular flexibility index (Phi) is 9.14. The fourth-order valence-electron chi connectivity index (χ4n) is 9.29. The van der Waals surface area contributed by atoms with E-state index in [-0.39, 0.29) is 5.91 Å². The van der Waals surface area contributed by atoms with Gasteiger partial charge in [0.1, 0.15) is 18.1 Å². The molecule has 5 fully saturated rings. The van der Waals surface area contributed by atoms with E-state index in [0.717, 1.165) is 41.3 Å². The summed E-state index contributed by atoms with van der Waals surface area (Å²) in [7, 11) is 0. The number of nitrogens with zero attached hydrogens (tertiary/aromatic N) is 2. The van der Waals surface area contributed by atoms with Crippen LogP contribution in [0.25, 0.3) is 0 Å². The molecule has 1 heterocycles. The Balaban J connectivity index is 0.857. The van der Waals surface area contributed by atoms with Crippen LogP contribution in [0.2, 0.25) is 0 Å². The van der Waals surface area contributed by atoms with E-state index >= 15 is 0 Å². The molecule has 1 amide bonds. The van der Waals surface area contributed by atoms with Crippen molar-refractivity contribution in [3.63, 3.8) is 0 Å². The molecule has 1 saturated heterocycles. The van der Waals surface area contributed by atoms with Crippen LogP contribution in [-0.2, 0) is 28.2 Å². The molecule has 2 unspecified atom stereocenters. The number of Topliss-reactive ketones (excluding diaryl/α,β-unsaturated/α-hetero) is 1. The Bertz CT molecular complexity index is 1470. The highest BCUT2D eigenvalue weighted by atomic mass is 79.9. The molecule has 5 nitrogen and oxygen atoms in total. The summed E-state index contributed by atoms with van der Waals surface area (Å²) < 4.78 is 7.25. The summed E-state index contributed by atoms with van der Waals surface area (Å²) >= 11 is 3.49. The van der Waals surface area contributed by atoms with Gasteiger partial charge in [0.05, 0.1) is 0 Å². The van der Waals surface area contributed by atoms with Crippen LogP contribution in [0.4, 0.5) is 0 Å². The van der Waals surface area contributed by atoms with Crippen LogP contribution >= 0.6 is 15.9 Å². The zero-order valence-corrected chi connectivity index (χ0v) is 27.8. The Hall–Kier alpha value is -2.96. The number of carbonyl (C=O) groups is 2. The van der Waals surface area contributed by atoms with Crippen LogP contribution in [0.3, 0.4) is 0 Å². The minimum Gasteiger partial charge on any atom is -0.489 e. The molecular formula is C39H45BrN2O3. The van der Waals surface area contributed by atoms with E-state index in [0.29, 0.717) is 67.9 Å². The number of piperazine rings is 1. The summed E-state index contributed by atoms with van der Waals surface area (Å²) in [5.41, 5.74) is 4.16. The van der Waals surface area contributed by atoms with Gasteiger partial charge in [-0.05, 0) is 90.5 Å². The maximum atomic E-state index is 13.2. The molecule has 0 spiro atoms. The maximum absolute atomic E-state index is 13.2. The van der Waals surface area contributed by atoms with Crippen molar-refractivity contribution in [1.82, 2.24) is 9.80 Å². The fraction of sp³-hybridized carbons (Fsp3) is 0.487. The highest BCUT2D eigenvalue weighted by Gasteiger charge is 2.55. The molecule has 0 aromatic heterocycles. The summed E-state index contributed by atoms with van der Waals surface area (Å²) in [5.74, 6) is 4.02. The van der Waals surface area contributed by atoms with Crippen LogP contribution in [0, 0.1) is 23.7 Å². The summed E-state index contributed by atoms with van der Waals surface area (Å²) in [5, 5.41) is 0. The second-order valence-electron chi connectivity index (χ2n) is 14.2. The van der Waals surface area contributed by atoms with Gasteiger partial charge in [0.15, 0.2) is 0 Å². The van der Waals surface area contributed by atoms with Gasteiger partial charge in [-0.2, -0.15) is 0 Å². The number of amides is 1. The Morgan fingerprint density at radius 2 is 1.49 bits per heavy atom. The molecule has 2 atom stereocenters. The molecule has 3 aromatic rings. The third-order valence-corrected chi connectivity index (χ3v) is 11.9. The first kappa shape index (κ1) is 30.7. The second kappa shape index (κ2) is 13.4. The number of hydrogen-bond acceptors (Lipinski definition) is 4. The van der Waals surface area contributed by atoms with Crippen molar-refractivity contribution in [2.75, 3.05) is 26.2 Å². The van der Waals surface area contributed by atoms with E-state index < -0.39 is 0 Å². The molecule has 4 aliphatic carbocycles. The van der Waals surface area contributed by atoms with Gasteiger partial charge in [0.2, 0.25) is 5.91 Å². The minimum atomic E-state index is 0.134. The van der Waals surface area contributed by atoms with Gasteiger partial charge in [0.25, 0.3) is 0 Å². The Morgan fingerprint density at radius 3 is 2.22 bits per heavy atom. The molecule has 5 aliphatic rings. The number of hydrogen-bond donors (Lipinski definition) is 0. The number of rotatable bonds is 11. The lowest BCUT2D eigenvalue weighted by molar-refractivity contribution is -0.135. The monoisotopic (exact) mass is 668 g/mol. The van der Waals surface area contributed by atoms with Crippen LogP contribution in [-0.4, -0.2) is 47.7 Å². The molecule has 4 bridgehead atoms. The molecule has 6 heteroatoms. The molecule has 3 aromatic carbocycles. The van der Waals surface area contributed by atoms with E-state index in [2.05, 4.69) is 75.4 Å². The van der Waals surface area contributed by atoms with Gasteiger partial charge in [-0.3, -0.25) is 14.5 Å². The predicted molar refractivity (Wildman–Crippen MR) is 181 cm³/mol. The summed E-state index contributed by atoms with van der Waals surface area (Å²) in [6.07, 6.45) is 7.84. The quantitative estimate of drug-likeness (QED) is 0.209. The molecule has 8 rings (SSSR count). The summed E-state index contributed by atoms with van der Waals surface area (Å²) in [4.78, 5) is 30.7. The van der Waals surface area contributed by atoms with E-state index in [1.165, 1.54) is 43.2 Å². The van der Waals surface area contributed by atoms with Crippen molar-refractivity contribution >= 4 is 27.6 Å². The Morgan fingerprint density at radius 1 is 0.800 bits per heavy atom. The molecule has 45 heavy (non-hydrogen) atoms. The number of ketones is 1. The maximum Gasteiger partial charge on any atom is 0.223 e. The smallest absolute Gasteiger partial charge is 0.223 e. The molecule has 236 valence electrons. The molecule has 0 N–H and O–H groups in total. The molecular weight excluding hydrogens is 624 g/mol. The average Bonchev–Trinajstić information content (AvgIpc) is 3.06. The second-order valence-corrected chi connectivity index (χ2v) is 15.1. The molecule has 0 radical (unpaired) electrons. The Labute approximate surface area is 276 Å². The van der Waals surface area contributed by atoms with E-state index in [1.54, 1.807) is 0 Å². The lowest BCUT2D eigenvalue weighted by atomic mass is 9.44. The van der Waals surface area contributed by atoms with Crippen LogP contribution in [0.15, 0.2) is 83.3 Å². The van der Waals surface area contributed by atoms with E-state index in [9.17, 15) is 9.59 Å². The zero-order chi connectivity index (χ0) is 30.8. The summed E-state index contributed by atoms with van der Waals surface area (Å²) in [6.45, 7) is 4.41. The topological polar surface area (TPSA) is 49.9 Å². The third-order valence-electron chi connectivity index (χ3n) is 11.3. The average molecular weight is 670 g/mol. The minimum absolute atomic E-state index is 0.134.